The molecule has 0 aliphatic rings. The molecule has 1 N–H and O–H groups in total. The van der Waals surface area contributed by atoms with Crippen molar-refractivity contribution in [3.8, 4) is 5.75 Å². The van der Waals surface area contributed by atoms with E-state index in [1.807, 2.05) is 0 Å². The van der Waals surface area contributed by atoms with Gasteiger partial charge in [0.15, 0.2) is 0 Å². The number of aromatic hydroxyl groups is 1. The first-order valence-electron chi connectivity index (χ1n) is 3.91. The molecular weight excluding hydrogens is 168 g/mol. The van der Waals surface area contributed by atoms with Crippen molar-refractivity contribution < 1.29 is 14.6 Å². The summed E-state index contributed by atoms with van der Waals surface area (Å²) < 4.78 is 4.45. The van der Waals surface area contributed by atoms with Crippen LogP contribution in [0.25, 0.3) is 0 Å². The summed E-state index contributed by atoms with van der Waals surface area (Å²) in [4.78, 5) is 10.7. The van der Waals surface area contributed by atoms with Gasteiger partial charge < -0.3 is 9.84 Å². The van der Waals surface area contributed by atoms with E-state index in [1.165, 1.54) is 13.5 Å². The predicted octanol–water partition coefficient (Wildman–Crippen LogP) is 1.31. The van der Waals surface area contributed by atoms with Crippen molar-refractivity contribution in [2.45, 2.75) is 6.42 Å². The second-order valence-corrected chi connectivity index (χ2v) is 2.60. The Kier molecular flexibility index (Phi) is 3.31. The second kappa shape index (κ2) is 4.50. The number of carbonyl (C=O) groups is 1. The summed E-state index contributed by atoms with van der Waals surface area (Å²) in [7, 11) is 1.34. The fourth-order valence-electron chi connectivity index (χ4n) is 0.917. The van der Waals surface area contributed by atoms with Crippen molar-refractivity contribution in [3.63, 3.8) is 0 Å². The molecule has 69 valence electrons. The Hall–Kier alpha value is -1.51. The summed E-state index contributed by atoms with van der Waals surface area (Å²) in [5, 5.41) is 8.98. The molecular formula is C10H11O3. The van der Waals surface area contributed by atoms with Crippen LogP contribution in [0.4, 0.5) is 0 Å². The lowest BCUT2D eigenvalue weighted by Gasteiger charge is -1.99. The van der Waals surface area contributed by atoms with Gasteiger partial charge in [-0.05, 0) is 24.1 Å². The molecule has 0 aliphatic carbocycles. The highest BCUT2D eigenvalue weighted by molar-refractivity contribution is 5.79. The third-order valence-electron chi connectivity index (χ3n) is 1.64. The van der Waals surface area contributed by atoms with E-state index < -0.39 is 0 Å². The van der Waals surface area contributed by atoms with Gasteiger partial charge in [-0.3, -0.25) is 4.79 Å². The average Bonchev–Trinajstić information content (AvgIpc) is 2.16. The van der Waals surface area contributed by atoms with E-state index in [1.54, 1.807) is 24.3 Å². The zero-order chi connectivity index (χ0) is 9.68. The average molecular weight is 179 g/mol. The standard InChI is InChI=1S/C10H11O3/c1-13-10(12)7-4-8-2-5-9(11)6-3-8/h2-3,5-7,11H,4H2,1H3. The molecule has 1 aromatic carbocycles. The van der Waals surface area contributed by atoms with Gasteiger partial charge in [0, 0.05) is 0 Å². The lowest BCUT2D eigenvalue weighted by Crippen LogP contribution is -2.02. The lowest BCUT2D eigenvalue weighted by atomic mass is 10.1. The van der Waals surface area contributed by atoms with E-state index in [4.69, 9.17) is 5.11 Å². The number of carbonyl (C=O) groups excluding carboxylic acids is 1. The molecule has 13 heavy (non-hydrogen) atoms. The molecule has 0 atom stereocenters. The summed E-state index contributed by atoms with van der Waals surface area (Å²) in [5.41, 5.74) is 0.961. The van der Waals surface area contributed by atoms with Crippen molar-refractivity contribution in [1.82, 2.24) is 0 Å². The van der Waals surface area contributed by atoms with Crippen molar-refractivity contribution in [2.75, 3.05) is 7.11 Å². The molecule has 0 aliphatic heterocycles. The van der Waals surface area contributed by atoms with Crippen LogP contribution in [-0.4, -0.2) is 18.2 Å². The third-order valence-corrected chi connectivity index (χ3v) is 1.64. The molecule has 0 aromatic heterocycles. The van der Waals surface area contributed by atoms with E-state index in [-0.39, 0.29) is 11.7 Å². The number of rotatable bonds is 3. The van der Waals surface area contributed by atoms with E-state index in [0.29, 0.717) is 6.42 Å². The van der Waals surface area contributed by atoms with Crippen LogP contribution in [0.1, 0.15) is 5.56 Å². The van der Waals surface area contributed by atoms with Crippen LogP contribution in [0.5, 0.6) is 5.75 Å². The molecule has 1 rings (SSSR count). The maximum atomic E-state index is 10.7. The molecule has 0 unspecified atom stereocenters. The highest BCUT2D eigenvalue weighted by atomic mass is 16.5. The molecule has 0 saturated carbocycles. The van der Waals surface area contributed by atoms with Crippen LogP contribution in [-0.2, 0) is 16.0 Å². The zero-order valence-electron chi connectivity index (χ0n) is 7.36. The molecule has 1 radical (unpaired) electrons. The minimum Gasteiger partial charge on any atom is -0.508 e. The number of hydrogen-bond acceptors (Lipinski definition) is 3. The number of esters is 1. The lowest BCUT2D eigenvalue weighted by molar-refractivity contribution is -0.136. The predicted molar refractivity (Wildman–Crippen MR) is 48.1 cm³/mol. The van der Waals surface area contributed by atoms with Crippen molar-refractivity contribution >= 4 is 5.97 Å². The Morgan fingerprint density at radius 3 is 2.62 bits per heavy atom. The van der Waals surface area contributed by atoms with E-state index in [0.717, 1.165) is 5.56 Å². The molecule has 0 fully saturated rings. The Bertz CT molecular complexity index is 277. The van der Waals surface area contributed by atoms with Crippen molar-refractivity contribution in [1.29, 1.82) is 0 Å². The van der Waals surface area contributed by atoms with Crippen LogP contribution in [0.3, 0.4) is 0 Å². The highest BCUT2D eigenvalue weighted by Crippen LogP contribution is 2.10. The topological polar surface area (TPSA) is 46.5 Å². The Balaban J connectivity index is 2.46. The van der Waals surface area contributed by atoms with Gasteiger partial charge in [0.05, 0.1) is 13.5 Å². The van der Waals surface area contributed by atoms with Crippen LogP contribution in [0, 0.1) is 6.42 Å². The maximum absolute atomic E-state index is 10.7. The van der Waals surface area contributed by atoms with Gasteiger partial charge in [0.1, 0.15) is 5.75 Å². The SMILES string of the molecule is COC(=O)[CH]Cc1ccc(O)cc1. The summed E-state index contributed by atoms with van der Waals surface area (Å²) in [6, 6.07) is 6.68. The van der Waals surface area contributed by atoms with Gasteiger partial charge >= 0.3 is 5.97 Å². The summed E-state index contributed by atoms with van der Waals surface area (Å²) in [5.74, 6) is -0.116. The molecule has 0 amide bonds. The summed E-state index contributed by atoms with van der Waals surface area (Å²) in [6.45, 7) is 0. The van der Waals surface area contributed by atoms with Gasteiger partial charge in [0.25, 0.3) is 0 Å². The Morgan fingerprint density at radius 2 is 2.08 bits per heavy atom. The normalized spacial score (nSPS) is 9.62. The number of methoxy groups -OCH3 is 1. The van der Waals surface area contributed by atoms with E-state index >= 15 is 0 Å². The van der Waals surface area contributed by atoms with Gasteiger partial charge in [-0.15, -0.1) is 0 Å². The first-order chi connectivity index (χ1) is 6.22. The summed E-state index contributed by atoms with van der Waals surface area (Å²) >= 11 is 0. The smallest absolute Gasteiger partial charge is 0.309 e. The third kappa shape index (κ3) is 3.15. The second-order valence-electron chi connectivity index (χ2n) is 2.60. The maximum Gasteiger partial charge on any atom is 0.309 e. The molecule has 3 nitrogen and oxygen atoms in total. The monoisotopic (exact) mass is 179 g/mol. The van der Waals surface area contributed by atoms with Crippen molar-refractivity contribution in [2.24, 2.45) is 0 Å². The highest BCUT2D eigenvalue weighted by Gasteiger charge is 2.01. The number of hydrogen-bond donors (Lipinski definition) is 1. The molecule has 0 bridgehead atoms. The Morgan fingerprint density at radius 1 is 1.46 bits per heavy atom. The van der Waals surface area contributed by atoms with Crippen molar-refractivity contribution in [3.05, 3.63) is 36.2 Å². The molecule has 0 spiro atoms. The minimum atomic E-state index is -0.340. The van der Waals surface area contributed by atoms with Gasteiger partial charge in [-0.25, -0.2) is 0 Å². The Labute approximate surface area is 77.0 Å². The fraction of sp³-hybridized carbons (Fsp3) is 0.200. The first-order valence-corrected chi connectivity index (χ1v) is 3.91. The van der Waals surface area contributed by atoms with Gasteiger partial charge in [0.2, 0.25) is 0 Å². The number of phenolic OH excluding ortho intramolecular Hbond substituents is 1. The molecule has 0 saturated heterocycles. The molecule has 0 heterocycles. The fourth-order valence-corrected chi connectivity index (χ4v) is 0.917. The van der Waals surface area contributed by atoms with Crippen LogP contribution < -0.4 is 0 Å². The zero-order valence-corrected chi connectivity index (χ0v) is 7.36. The number of phenols is 1. The quantitative estimate of drug-likeness (QED) is 0.711. The number of ether oxygens (including phenoxy) is 1. The minimum absolute atomic E-state index is 0.224. The van der Waals surface area contributed by atoms with Crippen LogP contribution in [0.2, 0.25) is 0 Å². The summed E-state index contributed by atoms with van der Waals surface area (Å²) in [6.07, 6.45) is 1.97. The van der Waals surface area contributed by atoms with E-state index in [2.05, 4.69) is 4.74 Å². The molecule has 3 heteroatoms. The van der Waals surface area contributed by atoms with E-state index in [9.17, 15) is 4.79 Å². The van der Waals surface area contributed by atoms with Gasteiger partial charge in [-0.1, -0.05) is 12.1 Å². The molecule has 1 aromatic rings. The largest absolute Gasteiger partial charge is 0.508 e. The van der Waals surface area contributed by atoms with Crippen LogP contribution >= 0.6 is 0 Å². The van der Waals surface area contributed by atoms with Crippen LogP contribution in [0.15, 0.2) is 24.3 Å². The first kappa shape index (κ1) is 9.58. The number of benzene rings is 1. The van der Waals surface area contributed by atoms with Gasteiger partial charge in [-0.2, -0.15) is 0 Å².